The van der Waals surface area contributed by atoms with E-state index in [0.717, 1.165) is 18.7 Å². The molecule has 2 aromatic rings. The van der Waals surface area contributed by atoms with Gasteiger partial charge in [0.15, 0.2) is 0 Å². The van der Waals surface area contributed by atoms with Gasteiger partial charge in [-0.1, -0.05) is 12.1 Å². The van der Waals surface area contributed by atoms with Gasteiger partial charge in [-0.15, -0.1) is 0 Å². The second kappa shape index (κ2) is 8.03. The minimum Gasteiger partial charge on any atom is -0.372 e. The molecule has 7 heteroatoms. The van der Waals surface area contributed by atoms with Gasteiger partial charge >= 0.3 is 5.51 Å². The van der Waals surface area contributed by atoms with Gasteiger partial charge in [0.05, 0.1) is 0 Å². The van der Waals surface area contributed by atoms with Crippen LogP contribution in [0.3, 0.4) is 0 Å². The third kappa shape index (κ3) is 5.17. The molecule has 0 unspecified atom stereocenters. The van der Waals surface area contributed by atoms with Crippen molar-refractivity contribution in [3.63, 3.8) is 0 Å². The molecule has 1 saturated heterocycles. The van der Waals surface area contributed by atoms with Crippen LogP contribution < -0.4 is 10.2 Å². The maximum Gasteiger partial charge on any atom is 0.446 e. The summed E-state index contributed by atoms with van der Waals surface area (Å²) in [6, 6.07) is 13.5. The molecule has 3 nitrogen and oxygen atoms in total. The lowest BCUT2D eigenvalue weighted by Gasteiger charge is -2.17. The number of carbonyl (C=O) groups is 1. The van der Waals surface area contributed by atoms with Crippen molar-refractivity contribution in [3.05, 3.63) is 59.7 Å². The summed E-state index contributed by atoms with van der Waals surface area (Å²) < 4.78 is 37.0. The van der Waals surface area contributed by atoms with Gasteiger partial charge in [0, 0.05) is 35.8 Å². The molecule has 1 heterocycles. The highest BCUT2D eigenvalue weighted by atomic mass is 32.2. The first-order valence-electron chi connectivity index (χ1n) is 8.39. The number of nitrogens with zero attached hydrogens (tertiary/aromatic N) is 1. The highest BCUT2D eigenvalue weighted by Crippen LogP contribution is 2.36. The number of anilines is 1. The monoisotopic (exact) mass is 380 g/mol. The Balaban J connectivity index is 1.53. The van der Waals surface area contributed by atoms with E-state index in [0.29, 0.717) is 12.1 Å². The van der Waals surface area contributed by atoms with E-state index in [4.69, 9.17) is 0 Å². The molecule has 1 aliphatic heterocycles. The van der Waals surface area contributed by atoms with Crippen molar-refractivity contribution in [2.75, 3.05) is 18.0 Å². The lowest BCUT2D eigenvalue weighted by Crippen LogP contribution is -2.23. The molecular formula is C19H19F3N2OS. The molecule has 0 aromatic heterocycles. The molecule has 2 aromatic carbocycles. The zero-order valence-corrected chi connectivity index (χ0v) is 14.9. The Kier molecular flexibility index (Phi) is 5.76. The van der Waals surface area contributed by atoms with Crippen LogP contribution >= 0.6 is 11.8 Å². The minimum atomic E-state index is -4.33. The second-order valence-corrected chi connectivity index (χ2v) is 7.25. The topological polar surface area (TPSA) is 32.3 Å². The van der Waals surface area contributed by atoms with Gasteiger partial charge in [-0.2, -0.15) is 13.2 Å². The smallest absolute Gasteiger partial charge is 0.372 e. The molecular weight excluding hydrogens is 361 g/mol. The molecule has 0 spiro atoms. The Morgan fingerprint density at radius 1 is 1.00 bits per heavy atom. The van der Waals surface area contributed by atoms with Crippen LogP contribution in [0.15, 0.2) is 53.4 Å². The first-order chi connectivity index (χ1) is 12.4. The predicted molar refractivity (Wildman–Crippen MR) is 97.4 cm³/mol. The molecule has 1 fully saturated rings. The quantitative estimate of drug-likeness (QED) is 0.754. The highest BCUT2D eigenvalue weighted by molar-refractivity contribution is 8.00. The van der Waals surface area contributed by atoms with Gasteiger partial charge in [0.2, 0.25) is 0 Å². The van der Waals surface area contributed by atoms with Crippen LogP contribution in [0.1, 0.15) is 28.8 Å². The van der Waals surface area contributed by atoms with Gasteiger partial charge < -0.3 is 10.2 Å². The standard InChI is InChI=1S/C19H19F3N2OS/c20-19(21,22)26-17-9-5-15(6-10-17)18(25)23-13-14-3-7-16(8-4-14)24-11-1-2-12-24/h3-10H,1-2,11-13H2,(H,23,25). The van der Waals surface area contributed by atoms with Gasteiger partial charge in [0.25, 0.3) is 5.91 Å². The average Bonchev–Trinajstić information content (AvgIpc) is 3.14. The number of alkyl halides is 3. The van der Waals surface area contributed by atoms with E-state index in [1.807, 2.05) is 12.1 Å². The molecule has 3 rings (SSSR count). The Hall–Kier alpha value is -2.15. The van der Waals surface area contributed by atoms with Crippen LogP contribution in [-0.2, 0) is 6.54 Å². The van der Waals surface area contributed by atoms with E-state index >= 15 is 0 Å². The number of halogens is 3. The van der Waals surface area contributed by atoms with Crippen LogP contribution in [0.25, 0.3) is 0 Å². The lowest BCUT2D eigenvalue weighted by molar-refractivity contribution is -0.0328. The highest BCUT2D eigenvalue weighted by Gasteiger charge is 2.29. The van der Waals surface area contributed by atoms with E-state index < -0.39 is 5.51 Å². The predicted octanol–water partition coefficient (Wildman–Crippen LogP) is 4.83. The molecule has 26 heavy (non-hydrogen) atoms. The van der Waals surface area contributed by atoms with Crippen molar-refractivity contribution in [1.82, 2.24) is 5.32 Å². The van der Waals surface area contributed by atoms with Crippen molar-refractivity contribution in [3.8, 4) is 0 Å². The van der Waals surface area contributed by atoms with Gasteiger partial charge in [-0.3, -0.25) is 4.79 Å². The number of thioether (sulfide) groups is 1. The third-order valence-corrected chi connectivity index (χ3v) is 4.95. The van der Waals surface area contributed by atoms with Crippen LogP contribution in [-0.4, -0.2) is 24.5 Å². The maximum atomic E-state index is 12.3. The first kappa shape index (κ1) is 18.6. The molecule has 0 saturated carbocycles. The summed E-state index contributed by atoms with van der Waals surface area (Å²) in [6.07, 6.45) is 2.44. The van der Waals surface area contributed by atoms with Crippen LogP contribution in [0, 0.1) is 0 Å². The van der Waals surface area contributed by atoms with Crippen molar-refractivity contribution >= 4 is 23.4 Å². The molecule has 0 atom stereocenters. The van der Waals surface area contributed by atoms with Crippen LogP contribution in [0.2, 0.25) is 0 Å². The Labute approximate surface area is 154 Å². The SMILES string of the molecule is O=C(NCc1ccc(N2CCCC2)cc1)c1ccc(SC(F)(F)F)cc1. The number of amides is 1. The summed E-state index contributed by atoms with van der Waals surface area (Å²) in [7, 11) is 0. The summed E-state index contributed by atoms with van der Waals surface area (Å²) in [5.74, 6) is -0.308. The largest absolute Gasteiger partial charge is 0.446 e. The van der Waals surface area contributed by atoms with Crippen LogP contribution in [0.5, 0.6) is 0 Å². The maximum absolute atomic E-state index is 12.3. The van der Waals surface area contributed by atoms with Crippen molar-refractivity contribution in [2.45, 2.75) is 29.8 Å². The third-order valence-electron chi connectivity index (χ3n) is 4.21. The van der Waals surface area contributed by atoms with Crippen LogP contribution in [0.4, 0.5) is 18.9 Å². The Morgan fingerprint density at radius 2 is 1.62 bits per heavy atom. The molecule has 0 bridgehead atoms. The first-order valence-corrected chi connectivity index (χ1v) is 9.20. The number of carbonyl (C=O) groups excluding carboxylic acids is 1. The zero-order chi connectivity index (χ0) is 18.6. The number of hydrogen-bond donors (Lipinski definition) is 1. The minimum absolute atomic E-state index is 0.0616. The van der Waals surface area contributed by atoms with E-state index in [-0.39, 0.29) is 22.6 Å². The number of benzene rings is 2. The number of nitrogens with one attached hydrogen (secondary N) is 1. The summed E-state index contributed by atoms with van der Waals surface area (Å²) in [5.41, 5.74) is -1.82. The van der Waals surface area contributed by atoms with E-state index in [1.165, 1.54) is 42.8 Å². The molecule has 0 aliphatic carbocycles. The normalized spacial score (nSPS) is 14.5. The summed E-state index contributed by atoms with van der Waals surface area (Å²) in [6.45, 7) is 2.54. The summed E-state index contributed by atoms with van der Waals surface area (Å²) >= 11 is -0.193. The van der Waals surface area contributed by atoms with Crippen molar-refractivity contribution in [2.24, 2.45) is 0 Å². The number of hydrogen-bond acceptors (Lipinski definition) is 3. The van der Waals surface area contributed by atoms with E-state index in [1.54, 1.807) is 0 Å². The number of rotatable bonds is 5. The molecule has 1 aliphatic rings. The van der Waals surface area contributed by atoms with Gasteiger partial charge in [0.1, 0.15) is 0 Å². The fourth-order valence-electron chi connectivity index (χ4n) is 2.89. The summed E-state index contributed by atoms with van der Waals surface area (Å²) in [4.78, 5) is 14.5. The van der Waals surface area contributed by atoms with E-state index in [2.05, 4.69) is 22.3 Å². The molecule has 0 radical (unpaired) electrons. The lowest BCUT2D eigenvalue weighted by atomic mass is 10.1. The zero-order valence-electron chi connectivity index (χ0n) is 14.1. The molecule has 1 N–H and O–H groups in total. The Bertz CT molecular complexity index is 739. The van der Waals surface area contributed by atoms with Gasteiger partial charge in [-0.25, -0.2) is 0 Å². The van der Waals surface area contributed by atoms with Gasteiger partial charge in [-0.05, 0) is 66.6 Å². The van der Waals surface area contributed by atoms with Crippen molar-refractivity contribution < 1.29 is 18.0 Å². The Morgan fingerprint density at radius 3 is 2.19 bits per heavy atom. The summed E-state index contributed by atoms with van der Waals surface area (Å²) in [5, 5.41) is 2.79. The second-order valence-electron chi connectivity index (χ2n) is 6.12. The fourth-order valence-corrected chi connectivity index (χ4v) is 3.43. The molecule has 138 valence electrons. The average molecular weight is 380 g/mol. The molecule has 1 amide bonds. The van der Waals surface area contributed by atoms with Crippen molar-refractivity contribution in [1.29, 1.82) is 0 Å². The van der Waals surface area contributed by atoms with E-state index in [9.17, 15) is 18.0 Å². The fraction of sp³-hybridized carbons (Fsp3) is 0.316.